The molecule has 2 fully saturated rings. The van der Waals surface area contributed by atoms with Crippen LogP contribution in [0.3, 0.4) is 0 Å². The van der Waals surface area contributed by atoms with Gasteiger partial charge < -0.3 is 4.90 Å². The first kappa shape index (κ1) is 17.3. The summed E-state index contributed by atoms with van der Waals surface area (Å²) in [5.74, 6) is 0.662. The van der Waals surface area contributed by atoms with E-state index in [9.17, 15) is 4.79 Å². The second-order valence-corrected chi connectivity index (χ2v) is 7.81. The second kappa shape index (κ2) is 7.31. The monoisotopic (exact) mass is 376 g/mol. The Balaban J connectivity index is 1.28. The van der Waals surface area contributed by atoms with Crippen molar-refractivity contribution in [3.05, 3.63) is 59.2 Å². The van der Waals surface area contributed by atoms with Crippen LogP contribution in [0.25, 0.3) is 10.9 Å². The molecular formula is C21H24N6O. The Hall–Kier alpha value is -2.80. The third-order valence-electron chi connectivity index (χ3n) is 5.73. The summed E-state index contributed by atoms with van der Waals surface area (Å²) in [4.78, 5) is 30.3. The maximum absolute atomic E-state index is 12.7. The van der Waals surface area contributed by atoms with E-state index >= 15 is 0 Å². The fraction of sp³-hybridized carbons (Fsp3) is 0.429. The van der Waals surface area contributed by atoms with Gasteiger partial charge in [0.15, 0.2) is 0 Å². The number of rotatable bonds is 5. The molecule has 1 saturated heterocycles. The molecular weight excluding hydrogens is 352 g/mol. The van der Waals surface area contributed by atoms with Crippen molar-refractivity contribution in [2.75, 3.05) is 31.1 Å². The third kappa shape index (κ3) is 3.62. The largest absolute Gasteiger partial charge is 0.369 e. The molecule has 1 saturated carbocycles. The summed E-state index contributed by atoms with van der Waals surface area (Å²) in [7, 11) is 0. The Morgan fingerprint density at radius 3 is 2.64 bits per heavy atom. The van der Waals surface area contributed by atoms with Crippen LogP contribution in [0.15, 0.2) is 47.9 Å². The molecule has 0 unspecified atom stereocenters. The molecule has 2 aliphatic rings. The average molecular weight is 376 g/mol. The summed E-state index contributed by atoms with van der Waals surface area (Å²) in [6, 6.07) is 8.03. The molecule has 5 rings (SSSR count). The highest BCUT2D eigenvalue weighted by Crippen LogP contribution is 2.30. The lowest BCUT2D eigenvalue weighted by Gasteiger charge is -2.36. The van der Waals surface area contributed by atoms with Crippen molar-refractivity contribution in [1.29, 1.82) is 0 Å². The van der Waals surface area contributed by atoms with Gasteiger partial charge in [-0.2, -0.15) is 0 Å². The predicted molar refractivity (Wildman–Crippen MR) is 108 cm³/mol. The number of piperazine rings is 1. The Kier molecular flexibility index (Phi) is 4.52. The molecule has 0 bridgehead atoms. The zero-order chi connectivity index (χ0) is 18.9. The first-order valence-electron chi connectivity index (χ1n) is 9.98. The van der Waals surface area contributed by atoms with Crippen molar-refractivity contribution in [1.82, 2.24) is 24.4 Å². The van der Waals surface area contributed by atoms with Crippen LogP contribution < -0.4 is 10.5 Å². The third-order valence-corrected chi connectivity index (χ3v) is 5.73. The highest BCUT2D eigenvalue weighted by molar-refractivity contribution is 5.81. The van der Waals surface area contributed by atoms with Crippen LogP contribution in [0, 0.1) is 5.92 Å². The van der Waals surface area contributed by atoms with Crippen molar-refractivity contribution in [2.24, 2.45) is 5.92 Å². The smallest absolute Gasteiger partial charge is 0.261 e. The summed E-state index contributed by atoms with van der Waals surface area (Å²) in [6.07, 6.45) is 7.57. The number of aromatic nitrogens is 4. The van der Waals surface area contributed by atoms with Gasteiger partial charge in [-0.1, -0.05) is 0 Å². The van der Waals surface area contributed by atoms with E-state index in [4.69, 9.17) is 0 Å². The van der Waals surface area contributed by atoms with Crippen LogP contribution in [-0.4, -0.2) is 50.6 Å². The normalized spacial score (nSPS) is 17.9. The van der Waals surface area contributed by atoms with Crippen molar-refractivity contribution in [3.63, 3.8) is 0 Å². The minimum atomic E-state index is 0.0816. The van der Waals surface area contributed by atoms with Crippen LogP contribution in [0.4, 0.5) is 5.69 Å². The van der Waals surface area contributed by atoms with Crippen molar-refractivity contribution >= 4 is 16.6 Å². The minimum absolute atomic E-state index is 0.0816. The maximum atomic E-state index is 12.7. The van der Waals surface area contributed by atoms with E-state index in [1.807, 2.05) is 12.1 Å². The summed E-state index contributed by atoms with van der Waals surface area (Å²) >= 11 is 0. The van der Waals surface area contributed by atoms with E-state index in [1.165, 1.54) is 12.8 Å². The summed E-state index contributed by atoms with van der Waals surface area (Å²) in [5, 5.41) is 0.717. The van der Waals surface area contributed by atoms with Gasteiger partial charge in [-0.3, -0.25) is 14.3 Å². The summed E-state index contributed by atoms with van der Waals surface area (Å²) in [6.45, 7) is 5.54. The molecule has 1 aliphatic heterocycles. The van der Waals surface area contributed by atoms with Crippen molar-refractivity contribution in [2.45, 2.75) is 25.9 Å². The Morgan fingerprint density at radius 1 is 1.04 bits per heavy atom. The predicted octanol–water partition coefficient (Wildman–Crippen LogP) is 1.92. The molecule has 2 aromatic heterocycles. The van der Waals surface area contributed by atoms with Crippen LogP contribution in [0.2, 0.25) is 0 Å². The number of fused-ring (bicyclic) bond motifs is 1. The molecule has 0 N–H and O–H groups in total. The van der Waals surface area contributed by atoms with Gasteiger partial charge in [0.25, 0.3) is 5.56 Å². The van der Waals surface area contributed by atoms with Gasteiger partial charge in [0.1, 0.15) is 6.33 Å². The van der Waals surface area contributed by atoms with Gasteiger partial charge in [-0.05, 0) is 43.0 Å². The standard InChI is InChI=1S/C21H24N6O/c28-21-19-4-3-18(11-20(19)24-15-27(21)12-16-1-2-16)26-9-7-25(8-10-26)13-17-5-6-22-14-23-17/h3-6,11,14-16H,1-2,7-10,12-13H2. The Labute approximate surface area is 163 Å². The highest BCUT2D eigenvalue weighted by atomic mass is 16.1. The fourth-order valence-corrected chi connectivity index (χ4v) is 3.86. The van der Waals surface area contributed by atoms with Crippen molar-refractivity contribution in [3.8, 4) is 0 Å². The molecule has 7 nitrogen and oxygen atoms in total. The van der Waals surface area contributed by atoms with Gasteiger partial charge in [0.05, 0.1) is 22.9 Å². The van der Waals surface area contributed by atoms with Crippen LogP contribution in [0.1, 0.15) is 18.5 Å². The minimum Gasteiger partial charge on any atom is -0.369 e. The lowest BCUT2D eigenvalue weighted by atomic mass is 10.2. The van der Waals surface area contributed by atoms with Crippen LogP contribution >= 0.6 is 0 Å². The molecule has 7 heteroatoms. The Bertz CT molecular complexity index is 1020. The van der Waals surface area contributed by atoms with E-state index in [-0.39, 0.29) is 5.56 Å². The SMILES string of the molecule is O=c1c2ccc(N3CCN(Cc4ccncn4)CC3)cc2ncn1CC1CC1. The fourth-order valence-electron chi connectivity index (χ4n) is 3.86. The number of nitrogens with zero attached hydrogens (tertiary/aromatic N) is 6. The number of hydrogen-bond acceptors (Lipinski definition) is 6. The van der Waals surface area contributed by atoms with E-state index < -0.39 is 0 Å². The van der Waals surface area contributed by atoms with Crippen LogP contribution in [0.5, 0.6) is 0 Å². The molecule has 0 amide bonds. The van der Waals surface area contributed by atoms with Crippen LogP contribution in [-0.2, 0) is 13.1 Å². The van der Waals surface area contributed by atoms with Gasteiger partial charge in [-0.15, -0.1) is 0 Å². The number of benzene rings is 1. The molecule has 3 aromatic rings. The number of anilines is 1. The molecule has 3 heterocycles. The first-order valence-corrected chi connectivity index (χ1v) is 9.98. The first-order chi connectivity index (χ1) is 13.8. The van der Waals surface area contributed by atoms with Gasteiger partial charge in [0.2, 0.25) is 0 Å². The quantitative estimate of drug-likeness (QED) is 0.678. The zero-order valence-electron chi connectivity index (χ0n) is 15.9. The van der Waals surface area contributed by atoms with Crippen molar-refractivity contribution < 1.29 is 0 Å². The van der Waals surface area contributed by atoms with Gasteiger partial charge >= 0.3 is 0 Å². The average Bonchev–Trinajstić information content (AvgIpc) is 3.55. The second-order valence-electron chi connectivity index (χ2n) is 7.81. The van der Waals surface area contributed by atoms with E-state index in [1.54, 1.807) is 23.4 Å². The summed E-state index contributed by atoms with van der Waals surface area (Å²) in [5.41, 5.74) is 3.07. The highest BCUT2D eigenvalue weighted by Gasteiger charge is 2.23. The molecule has 0 radical (unpaired) electrons. The molecule has 0 spiro atoms. The molecule has 0 atom stereocenters. The molecule has 1 aromatic carbocycles. The van der Waals surface area contributed by atoms with Gasteiger partial charge in [0, 0.05) is 51.2 Å². The lowest BCUT2D eigenvalue weighted by molar-refractivity contribution is 0.247. The zero-order valence-corrected chi connectivity index (χ0v) is 15.9. The molecule has 144 valence electrons. The lowest BCUT2D eigenvalue weighted by Crippen LogP contribution is -2.46. The molecule has 1 aliphatic carbocycles. The van der Waals surface area contributed by atoms with E-state index in [2.05, 4.69) is 36.9 Å². The topological polar surface area (TPSA) is 67.2 Å². The molecule has 28 heavy (non-hydrogen) atoms. The Morgan fingerprint density at radius 2 is 1.89 bits per heavy atom. The number of hydrogen-bond donors (Lipinski definition) is 0. The van der Waals surface area contributed by atoms with E-state index in [0.717, 1.165) is 56.2 Å². The summed E-state index contributed by atoms with van der Waals surface area (Å²) < 4.78 is 1.77. The van der Waals surface area contributed by atoms with E-state index in [0.29, 0.717) is 11.3 Å². The maximum Gasteiger partial charge on any atom is 0.261 e. The van der Waals surface area contributed by atoms with Gasteiger partial charge in [-0.25, -0.2) is 15.0 Å².